The van der Waals surface area contributed by atoms with Crippen molar-refractivity contribution in [2.75, 3.05) is 5.32 Å². The molecule has 6 nitrogen and oxygen atoms in total. The van der Waals surface area contributed by atoms with Gasteiger partial charge in [0, 0.05) is 12.2 Å². The molecular formula is C24H25N3O3. The summed E-state index contributed by atoms with van der Waals surface area (Å²) >= 11 is 0. The van der Waals surface area contributed by atoms with Crippen LogP contribution in [0.15, 0.2) is 78.9 Å². The number of carbonyl (C=O) groups is 2. The van der Waals surface area contributed by atoms with Crippen molar-refractivity contribution < 1.29 is 14.7 Å². The number of anilines is 1. The lowest BCUT2D eigenvalue weighted by Crippen LogP contribution is -2.33. The van der Waals surface area contributed by atoms with Crippen LogP contribution in [0, 0.1) is 0 Å². The van der Waals surface area contributed by atoms with Crippen molar-refractivity contribution in [3.8, 4) is 0 Å². The van der Waals surface area contributed by atoms with Crippen molar-refractivity contribution in [1.82, 2.24) is 5.32 Å². The highest BCUT2D eigenvalue weighted by Crippen LogP contribution is 2.19. The molecule has 154 valence electrons. The molecule has 1 atom stereocenters. The Morgan fingerprint density at radius 1 is 0.867 bits per heavy atom. The second-order valence-electron chi connectivity index (χ2n) is 7.06. The third-order valence-corrected chi connectivity index (χ3v) is 4.74. The highest BCUT2D eigenvalue weighted by atomic mass is 16.4. The number of carboxylic acids is 1. The lowest BCUT2D eigenvalue weighted by atomic mass is 10.0. The number of carbonyl (C=O) groups excluding carboxylic acids is 1. The lowest BCUT2D eigenvalue weighted by Gasteiger charge is -2.18. The van der Waals surface area contributed by atoms with Gasteiger partial charge in [-0.15, -0.1) is 0 Å². The summed E-state index contributed by atoms with van der Waals surface area (Å²) in [4.78, 5) is 23.8. The average molecular weight is 403 g/mol. The molecular weight excluding hydrogens is 378 g/mol. The fraction of sp³-hybridized carbons (Fsp3) is 0.167. The van der Waals surface area contributed by atoms with Gasteiger partial charge in [-0.05, 0) is 40.8 Å². The van der Waals surface area contributed by atoms with E-state index in [1.54, 1.807) is 18.2 Å². The predicted molar refractivity (Wildman–Crippen MR) is 117 cm³/mol. The summed E-state index contributed by atoms with van der Waals surface area (Å²) in [6.45, 7) is 0.400. The Hall–Kier alpha value is -3.64. The SMILES string of the molecule is NCc1ccc([C@H](CC(=O)O)NC(=O)Nc2cccc(Cc3ccccc3)c2)cc1. The number of hydrogen-bond donors (Lipinski definition) is 4. The minimum Gasteiger partial charge on any atom is -0.481 e. The van der Waals surface area contributed by atoms with Gasteiger partial charge in [0.2, 0.25) is 0 Å². The van der Waals surface area contributed by atoms with Gasteiger partial charge in [0.05, 0.1) is 12.5 Å². The summed E-state index contributed by atoms with van der Waals surface area (Å²) in [6, 6.07) is 23.8. The van der Waals surface area contributed by atoms with Crippen LogP contribution in [0.5, 0.6) is 0 Å². The Morgan fingerprint density at radius 3 is 2.23 bits per heavy atom. The Kier molecular flexibility index (Phi) is 7.19. The van der Waals surface area contributed by atoms with Crippen LogP contribution in [-0.4, -0.2) is 17.1 Å². The fourth-order valence-electron chi connectivity index (χ4n) is 3.23. The van der Waals surface area contributed by atoms with Crippen LogP contribution in [-0.2, 0) is 17.8 Å². The summed E-state index contributed by atoms with van der Waals surface area (Å²) in [7, 11) is 0. The number of urea groups is 1. The summed E-state index contributed by atoms with van der Waals surface area (Å²) in [5, 5.41) is 14.8. The maximum absolute atomic E-state index is 12.5. The van der Waals surface area contributed by atoms with Crippen molar-refractivity contribution in [1.29, 1.82) is 0 Å². The molecule has 0 aliphatic heterocycles. The van der Waals surface area contributed by atoms with Crippen LogP contribution >= 0.6 is 0 Å². The van der Waals surface area contributed by atoms with Crippen molar-refractivity contribution in [3.63, 3.8) is 0 Å². The molecule has 3 aromatic carbocycles. The largest absolute Gasteiger partial charge is 0.481 e. The third-order valence-electron chi connectivity index (χ3n) is 4.74. The first kappa shape index (κ1) is 21.1. The molecule has 30 heavy (non-hydrogen) atoms. The summed E-state index contributed by atoms with van der Waals surface area (Å²) in [6.07, 6.45) is 0.538. The third kappa shape index (κ3) is 6.18. The van der Waals surface area contributed by atoms with Crippen LogP contribution < -0.4 is 16.4 Å². The van der Waals surface area contributed by atoms with E-state index in [4.69, 9.17) is 5.73 Å². The van der Waals surface area contributed by atoms with Crippen molar-refractivity contribution in [2.45, 2.75) is 25.4 Å². The molecule has 3 aromatic rings. The van der Waals surface area contributed by atoms with Gasteiger partial charge in [-0.2, -0.15) is 0 Å². The zero-order valence-corrected chi connectivity index (χ0v) is 16.5. The predicted octanol–water partition coefficient (Wildman–Crippen LogP) is 4.07. The minimum absolute atomic E-state index is 0.219. The van der Waals surface area contributed by atoms with Crippen molar-refractivity contribution >= 4 is 17.7 Å². The number of aliphatic carboxylic acids is 1. The molecule has 0 aromatic heterocycles. The molecule has 0 aliphatic carbocycles. The fourth-order valence-corrected chi connectivity index (χ4v) is 3.23. The first-order chi connectivity index (χ1) is 14.5. The molecule has 0 aliphatic rings. The smallest absolute Gasteiger partial charge is 0.319 e. The second-order valence-corrected chi connectivity index (χ2v) is 7.06. The highest BCUT2D eigenvalue weighted by Gasteiger charge is 2.18. The van der Waals surface area contributed by atoms with Crippen molar-refractivity contribution in [2.24, 2.45) is 5.73 Å². The van der Waals surface area contributed by atoms with E-state index >= 15 is 0 Å². The normalized spacial score (nSPS) is 11.5. The van der Waals surface area contributed by atoms with Gasteiger partial charge in [-0.3, -0.25) is 4.79 Å². The van der Waals surface area contributed by atoms with Crippen LogP contribution in [0.4, 0.5) is 10.5 Å². The number of amides is 2. The maximum atomic E-state index is 12.5. The monoisotopic (exact) mass is 403 g/mol. The van der Waals surface area contributed by atoms with E-state index in [2.05, 4.69) is 22.8 Å². The van der Waals surface area contributed by atoms with Crippen LogP contribution in [0.1, 0.15) is 34.7 Å². The number of rotatable bonds is 8. The number of carboxylic acid groups (broad SMARTS) is 1. The van der Waals surface area contributed by atoms with Gasteiger partial charge in [0.1, 0.15) is 0 Å². The Morgan fingerprint density at radius 2 is 1.57 bits per heavy atom. The summed E-state index contributed by atoms with van der Waals surface area (Å²) in [5.74, 6) is -0.993. The molecule has 0 unspecified atom stereocenters. The Balaban J connectivity index is 1.67. The molecule has 0 spiro atoms. The van der Waals surface area contributed by atoms with E-state index in [1.165, 1.54) is 5.56 Å². The zero-order chi connectivity index (χ0) is 21.3. The van der Waals surface area contributed by atoms with Gasteiger partial charge in [0.15, 0.2) is 0 Å². The highest BCUT2D eigenvalue weighted by molar-refractivity contribution is 5.90. The van der Waals surface area contributed by atoms with E-state index in [1.807, 2.05) is 48.5 Å². The van der Waals surface area contributed by atoms with Crippen LogP contribution in [0.2, 0.25) is 0 Å². The molecule has 0 heterocycles. The quantitative estimate of drug-likeness (QED) is 0.455. The van der Waals surface area contributed by atoms with E-state index in [0.29, 0.717) is 17.8 Å². The molecule has 2 amide bonds. The molecule has 0 saturated carbocycles. The summed E-state index contributed by atoms with van der Waals surface area (Å²) in [5.41, 5.74) is 10.2. The molecule has 3 rings (SSSR count). The van der Waals surface area contributed by atoms with Crippen LogP contribution in [0.3, 0.4) is 0 Å². The van der Waals surface area contributed by atoms with E-state index in [9.17, 15) is 14.7 Å². The molecule has 0 radical (unpaired) electrons. The van der Waals surface area contributed by atoms with E-state index in [0.717, 1.165) is 17.5 Å². The van der Waals surface area contributed by atoms with Gasteiger partial charge in [-0.1, -0.05) is 66.7 Å². The van der Waals surface area contributed by atoms with Gasteiger partial charge in [-0.25, -0.2) is 4.79 Å². The molecule has 0 fully saturated rings. The topological polar surface area (TPSA) is 104 Å². The van der Waals surface area contributed by atoms with Gasteiger partial charge in [0.25, 0.3) is 0 Å². The van der Waals surface area contributed by atoms with E-state index in [-0.39, 0.29) is 6.42 Å². The summed E-state index contributed by atoms with van der Waals surface area (Å²) < 4.78 is 0. The Labute approximate surface area is 175 Å². The molecule has 0 bridgehead atoms. The van der Waals surface area contributed by atoms with E-state index < -0.39 is 18.0 Å². The zero-order valence-electron chi connectivity index (χ0n) is 16.5. The maximum Gasteiger partial charge on any atom is 0.319 e. The second kappa shape index (κ2) is 10.2. The average Bonchev–Trinajstić information content (AvgIpc) is 2.74. The van der Waals surface area contributed by atoms with Gasteiger partial charge >= 0.3 is 12.0 Å². The van der Waals surface area contributed by atoms with Gasteiger partial charge < -0.3 is 21.5 Å². The number of hydrogen-bond acceptors (Lipinski definition) is 3. The molecule has 5 N–H and O–H groups in total. The van der Waals surface area contributed by atoms with Crippen LogP contribution in [0.25, 0.3) is 0 Å². The first-order valence-corrected chi connectivity index (χ1v) is 9.74. The first-order valence-electron chi connectivity index (χ1n) is 9.74. The lowest BCUT2D eigenvalue weighted by molar-refractivity contribution is -0.137. The number of nitrogens with two attached hydrogens (primary N) is 1. The standard InChI is InChI=1S/C24H25N3O3/c25-16-18-9-11-20(12-10-18)22(15-23(28)29)27-24(30)26-21-8-4-7-19(14-21)13-17-5-2-1-3-6-17/h1-12,14,22H,13,15-16,25H2,(H,28,29)(H2,26,27,30)/t22-/m0/s1. The van der Waals surface area contributed by atoms with Crippen molar-refractivity contribution in [3.05, 3.63) is 101 Å². The molecule has 0 saturated heterocycles. The number of benzene rings is 3. The minimum atomic E-state index is -0.993. The molecule has 6 heteroatoms. The Bertz CT molecular complexity index is 988. The number of nitrogens with one attached hydrogen (secondary N) is 2.